The summed E-state index contributed by atoms with van der Waals surface area (Å²) in [6.45, 7) is 2.37. The molecule has 0 aliphatic carbocycles. The van der Waals surface area contributed by atoms with Gasteiger partial charge in [0.2, 0.25) is 5.91 Å². The summed E-state index contributed by atoms with van der Waals surface area (Å²) in [4.78, 5) is 50.7. The van der Waals surface area contributed by atoms with Crippen LogP contribution >= 0.6 is 0 Å². The molecule has 2 heterocycles. The van der Waals surface area contributed by atoms with Gasteiger partial charge in [0.1, 0.15) is 12.2 Å². The maximum Gasteiger partial charge on any atom is 0.293 e. The molecule has 0 aromatic heterocycles. The number of carbonyl (C=O) groups is 3. The van der Waals surface area contributed by atoms with E-state index < -0.39 is 16.7 Å². The van der Waals surface area contributed by atoms with Gasteiger partial charge in [-0.1, -0.05) is 6.42 Å². The van der Waals surface area contributed by atoms with Crippen molar-refractivity contribution in [1.82, 2.24) is 15.8 Å². The third-order valence-corrected chi connectivity index (χ3v) is 5.11. The van der Waals surface area contributed by atoms with Gasteiger partial charge in [-0.15, -0.1) is 0 Å². The van der Waals surface area contributed by atoms with Crippen molar-refractivity contribution in [3.8, 4) is 0 Å². The molecule has 1 aromatic carbocycles. The van der Waals surface area contributed by atoms with E-state index in [1.54, 1.807) is 0 Å². The van der Waals surface area contributed by atoms with Crippen LogP contribution in [-0.4, -0.2) is 66.9 Å². The summed E-state index contributed by atoms with van der Waals surface area (Å²) >= 11 is 0. The van der Waals surface area contributed by atoms with Crippen LogP contribution < -0.4 is 15.8 Å². The number of nitro benzene ring substituents is 1. The molecule has 2 aliphatic heterocycles. The van der Waals surface area contributed by atoms with Gasteiger partial charge in [0.15, 0.2) is 0 Å². The highest BCUT2D eigenvalue weighted by Crippen LogP contribution is 2.29. The second kappa shape index (κ2) is 10.0. The van der Waals surface area contributed by atoms with Gasteiger partial charge < -0.3 is 14.5 Å². The van der Waals surface area contributed by atoms with Crippen molar-refractivity contribution in [3.05, 3.63) is 33.9 Å². The monoisotopic (exact) mass is 419 g/mol. The molecule has 11 heteroatoms. The number of nitrogens with one attached hydrogen (secondary N) is 2. The van der Waals surface area contributed by atoms with E-state index in [1.807, 2.05) is 4.90 Å². The Morgan fingerprint density at radius 3 is 2.60 bits per heavy atom. The predicted octanol–water partition coefficient (Wildman–Crippen LogP) is 0.595. The van der Waals surface area contributed by atoms with Crippen molar-refractivity contribution in [2.24, 2.45) is 0 Å². The van der Waals surface area contributed by atoms with Crippen LogP contribution in [0.25, 0.3) is 0 Å². The highest BCUT2D eigenvalue weighted by atomic mass is 16.6. The van der Waals surface area contributed by atoms with Crippen LogP contribution in [0, 0.1) is 10.1 Å². The second-order valence-electron chi connectivity index (χ2n) is 7.19. The predicted molar refractivity (Wildman–Crippen MR) is 107 cm³/mol. The van der Waals surface area contributed by atoms with E-state index in [0.717, 1.165) is 19.3 Å². The number of likely N-dealkylation sites (tertiary alicyclic amines) is 1. The first-order chi connectivity index (χ1) is 14.5. The number of hydrogen-bond donors (Lipinski definition) is 2. The molecule has 0 bridgehead atoms. The Hall–Kier alpha value is -3.21. The molecule has 3 amide bonds. The SMILES string of the molecule is O=C(CN1CCCCCC1=O)NNC(=O)c1ccc(N2CCOCC2)c([N+](=O)[O-])c1. The number of benzene rings is 1. The summed E-state index contributed by atoms with van der Waals surface area (Å²) in [5, 5.41) is 11.5. The van der Waals surface area contributed by atoms with Gasteiger partial charge in [-0.3, -0.25) is 35.3 Å². The molecule has 11 nitrogen and oxygen atoms in total. The zero-order chi connectivity index (χ0) is 21.5. The van der Waals surface area contributed by atoms with Gasteiger partial charge in [0.05, 0.1) is 18.1 Å². The fourth-order valence-corrected chi connectivity index (χ4v) is 3.50. The summed E-state index contributed by atoms with van der Waals surface area (Å²) in [5.41, 5.74) is 4.80. The van der Waals surface area contributed by atoms with Crippen LogP contribution in [0.2, 0.25) is 0 Å². The lowest BCUT2D eigenvalue weighted by Crippen LogP contribution is -2.47. The summed E-state index contributed by atoms with van der Waals surface area (Å²) in [6, 6.07) is 4.18. The molecular formula is C19H25N5O6. The number of nitrogens with zero attached hydrogens (tertiary/aromatic N) is 3. The highest BCUT2D eigenvalue weighted by molar-refractivity contribution is 5.97. The Morgan fingerprint density at radius 1 is 1.10 bits per heavy atom. The molecule has 0 radical (unpaired) electrons. The largest absolute Gasteiger partial charge is 0.378 e. The number of nitro groups is 1. The fourth-order valence-electron chi connectivity index (χ4n) is 3.50. The minimum Gasteiger partial charge on any atom is -0.378 e. The van der Waals surface area contributed by atoms with Gasteiger partial charge in [-0.25, -0.2) is 0 Å². The number of hydrazine groups is 1. The molecule has 30 heavy (non-hydrogen) atoms. The van der Waals surface area contributed by atoms with Crippen LogP contribution in [0.1, 0.15) is 36.0 Å². The third kappa shape index (κ3) is 5.44. The maximum absolute atomic E-state index is 12.4. The van der Waals surface area contributed by atoms with Crippen LogP contribution in [0.3, 0.4) is 0 Å². The first kappa shape index (κ1) is 21.5. The molecule has 2 aliphatic rings. The lowest BCUT2D eigenvalue weighted by Gasteiger charge is -2.28. The lowest BCUT2D eigenvalue weighted by atomic mass is 10.1. The van der Waals surface area contributed by atoms with Crippen LogP contribution in [-0.2, 0) is 14.3 Å². The van der Waals surface area contributed by atoms with Gasteiger partial charge in [-0.05, 0) is 25.0 Å². The van der Waals surface area contributed by atoms with Crippen molar-refractivity contribution < 1.29 is 24.0 Å². The smallest absolute Gasteiger partial charge is 0.293 e. The molecule has 2 fully saturated rings. The van der Waals surface area contributed by atoms with E-state index >= 15 is 0 Å². The minimum absolute atomic E-state index is 0.0462. The minimum atomic E-state index is -0.679. The Morgan fingerprint density at radius 2 is 1.87 bits per heavy atom. The first-order valence-electron chi connectivity index (χ1n) is 9.94. The van der Waals surface area contributed by atoms with Crippen molar-refractivity contribution in [1.29, 1.82) is 0 Å². The Bertz CT molecular complexity index is 824. The van der Waals surface area contributed by atoms with E-state index in [2.05, 4.69) is 10.9 Å². The van der Waals surface area contributed by atoms with E-state index in [0.29, 0.717) is 45.0 Å². The molecule has 1 aromatic rings. The average Bonchev–Trinajstić information content (AvgIpc) is 2.96. The van der Waals surface area contributed by atoms with E-state index in [4.69, 9.17) is 4.74 Å². The van der Waals surface area contributed by atoms with Crippen molar-refractivity contribution in [2.75, 3.05) is 44.3 Å². The number of carbonyl (C=O) groups excluding carboxylic acids is 3. The second-order valence-corrected chi connectivity index (χ2v) is 7.19. The number of morpholine rings is 1. The Balaban J connectivity index is 1.60. The van der Waals surface area contributed by atoms with Crippen molar-refractivity contribution in [2.45, 2.75) is 25.7 Å². The molecule has 162 valence electrons. The number of ether oxygens (including phenoxy) is 1. The fraction of sp³-hybridized carbons (Fsp3) is 0.526. The topological polar surface area (TPSA) is 134 Å². The summed E-state index contributed by atoms with van der Waals surface area (Å²) < 4.78 is 5.27. The molecule has 2 N–H and O–H groups in total. The van der Waals surface area contributed by atoms with Crippen LogP contribution in [0.15, 0.2) is 18.2 Å². The number of anilines is 1. The summed E-state index contributed by atoms with van der Waals surface area (Å²) in [7, 11) is 0. The van der Waals surface area contributed by atoms with E-state index in [1.165, 1.54) is 23.1 Å². The zero-order valence-corrected chi connectivity index (χ0v) is 16.6. The van der Waals surface area contributed by atoms with Gasteiger partial charge >= 0.3 is 0 Å². The van der Waals surface area contributed by atoms with E-state index in [-0.39, 0.29) is 23.7 Å². The standard InChI is InChI=1S/C19H25N5O6/c25-17(13-23-7-3-1-2-4-18(23)26)20-21-19(27)14-5-6-15(16(12-14)24(28)29)22-8-10-30-11-9-22/h5-6,12H,1-4,7-11,13H2,(H,20,25)(H,21,27). The molecule has 0 unspecified atom stereocenters. The third-order valence-electron chi connectivity index (χ3n) is 5.11. The van der Waals surface area contributed by atoms with Crippen molar-refractivity contribution in [3.63, 3.8) is 0 Å². The molecule has 3 rings (SSSR count). The molecule has 2 saturated heterocycles. The van der Waals surface area contributed by atoms with Crippen molar-refractivity contribution >= 4 is 29.1 Å². The number of amides is 3. The average molecular weight is 419 g/mol. The number of rotatable bonds is 5. The summed E-state index contributed by atoms with van der Waals surface area (Å²) in [6.07, 6.45) is 3.01. The van der Waals surface area contributed by atoms with E-state index in [9.17, 15) is 24.5 Å². The van der Waals surface area contributed by atoms with Gasteiger partial charge in [0.25, 0.3) is 17.5 Å². The number of hydrogen-bond acceptors (Lipinski definition) is 7. The van der Waals surface area contributed by atoms with Crippen LogP contribution in [0.5, 0.6) is 0 Å². The first-order valence-corrected chi connectivity index (χ1v) is 9.94. The molecule has 0 atom stereocenters. The Labute approximate surface area is 173 Å². The van der Waals surface area contributed by atoms with Gasteiger partial charge in [0, 0.05) is 37.7 Å². The highest BCUT2D eigenvalue weighted by Gasteiger charge is 2.24. The maximum atomic E-state index is 12.4. The lowest BCUT2D eigenvalue weighted by molar-refractivity contribution is -0.384. The Kier molecular flexibility index (Phi) is 7.17. The summed E-state index contributed by atoms with van der Waals surface area (Å²) in [5.74, 6) is -1.29. The quantitative estimate of drug-likeness (QED) is 0.527. The molecule has 0 spiro atoms. The molecule has 0 saturated carbocycles. The van der Waals surface area contributed by atoms with Gasteiger partial charge in [-0.2, -0.15) is 0 Å². The van der Waals surface area contributed by atoms with Crippen LogP contribution in [0.4, 0.5) is 11.4 Å². The normalized spacial score (nSPS) is 17.3. The zero-order valence-electron chi connectivity index (χ0n) is 16.6. The molecular weight excluding hydrogens is 394 g/mol.